The van der Waals surface area contributed by atoms with E-state index in [0.717, 1.165) is 12.8 Å². The molecule has 0 N–H and O–H groups in total. The second-order valence-electron chi connectivity index (χ2n) is 4.83. The van der Waals surface area contributed by atoms with Crippen molar-refractivity contribution in [3.8, 4) is 0 Å². The van der Waals surface area contributed by atoms with E-state index in [1.54, 1.807) is 0 Å². The Bertz CT molecular complexity index is 202. The zero-order chi connectivity index (χ0) is 12.1. The molecular formula is C11H24O3Si. The van der Waals surface area contributed by atoms with Gasteiger partial charge >= 0.3 is 6.16 Å². The summed E-state index contributed by atoms with van der Waals surface area (Å²) >= 11 is 0. The number of carbonyl (C=O) groups excluding carboxylic acids is 1. The van der Waals surface area contributed by atoms with Crippen molar-refractivity contribution < 1.29 is 14.0 Å². The fraction of sp³-hybridized carbons (Fsp3) is 0.909. The average molecular weight is 232 g/mol. The van der Waals surface area contributed by atoms with Crippen LogP contribution in [-0.2, 0) is 9.16 Å². The predicted octanol–water partition coefficient (Wildman–Crippen LogP) is 3.94. The second-order valence-corrected chi connectivity index (χ2v) is 9.39. The van der Waals surface area contributed by atoms with Crippen molar-refractivity contribution in [3.63, 3.8) is 0 Å². The number of ether oxygens (including phenoxy) is 1. The van der Waals surface area contributed by atoms with Crippen LogP contribution in [0.1, 0.15) is 40.5 Å². The van der Waals surface area contributed by atoms with Crippen LogP contribution in [0, 0.1) is 0 Å². The molecule has 90 valence electrons. The van der Waals surface area contributed by atoms with E-state index in [-0.39, 0.29) is 6.10 Å². The van der Waals surface area contributed by atoms with Crippen LogP contribution in [0.25, 0.3) is 0 Å². The molecule has 0 aromatic heterocycles. The summed E-state index contributed by atoms with van der Waals surface area (Å²) in [6.45, 7) is 12.2. The van der Waals surface area contributed by atoms with Gasteiger partial charge in [0.25, 0.3) is 8.32 Å². The van der Waals surface area contributed by atoms with Crippen LogP contribution in [0.15, 0.2) is 0 Å². The van der Waals surface area contributed by atoms with Crippen LogP contribution in [0.5, 0.6) is 0 Å². The Hall–Kier alpha value is -0.513. The van der Waals surface area contributed by atoms with E-state index in [2.05, 4.69) is 20.8 Å². The van der Waals surface area contributed by atoms with E-state index in [4.69, 9.17) is 9.16 Å². The van der Waals surface area contributed by atoms with Gasteiger partial charge in [-0.15, -0.1) is 0 Å². The highest BCUT2D eigenvalue weighted by molar-refractivity contribution is 6.73. The van der Waals surface area contributed by atoms with Gasteiger partial charge in [0.15, 0.2) is 0 Å². The Labute approximate surface area is 94.3 Å². The molecule has 0 bridgehead atoms. The summed E-state index contributed by atoms with van der Waals surface area (Å²) in [4.78, 5) is 11.4. The fourth-order valence-corrected chi connectivity index (χ4v) is 1.70. The number of carbonyl (C=O) groups is 1. The monoisotopic (exact) mass is 232 g/mol. The van der Waals surface area contributed by atoms with Gasteiger partial charge in [-0.25, -0.2) is 4.79 Å². The van der Waals surface area contributed by atoms with Crippen LogP contribution in [-0.4, -0.2) is 20.6 Å². The molecule has 15 heavy (non-hydrogen) atoms. The Morgan fingerprint density at radius 2 is 1.80 bits per heavy atom. The molecule has 0 aromatic rings. The van der Waals surface area contributed by atoms with Crippen LogP contribution < -0.4 is 0 Å². The highest BCUT2D eigenvalue weighted by Crippen LogP contribution is 2.22. The molecule has 0 aliphatic rings. The summed E-state index contributed by atoms with van der Waals surface area (Å²) in [6, 6.07) is 0. The average Bonchev–Trinajstić information content (AvgIpc) is 2.02. The van der Waals surface area contributed by atoms with Crippen molar-refractivity contribution in [1.82, 2.24) is 0 Å². The lowest BCUT2D eigenvalue weighted by atomic mass is 10.2. The molecule has 0 aromatic carbocycles. The maximum absolute atomic E-state index is 11.4. The van der Waals surface area contributed by atoms with Crippen LogP contribution >= 0.6 is 0 Å². The minimum absolute atomic E-state index is 0.0422. The molecule has 0 heterocycles. The molecule has 3 nitrogen and oxygen atoms in total. The molecule has 0 radical (unpaired) electrons. The zero-order valence-electron chi connectivity index (χ0n) is 10.8. The minimum Gasteiger partial charge on any atom is -0.489 e. The fourth-order valence-electron chi connectivity index (χ4n) is 0.986. The van der Waals surface area contributed by atoms with Crippen LogP contribution in [0.2, 0.25) is 18.6 Å². The zero-order valence-corrected chi connectivity index (χ0v) is 11.8. The highest BCUT2D eigenvalue weighted by atomic mass is 28.4. The molecule has 0 saturated carbocycles. The number of hydrogen-bond acceptors (Lipinski definition) is 3. The summed E-state index contributed by atoms with van der Waals surface area (Å²) < 4.78 is 10.5. The Kier molecular flexibility index (Phi) is 5.94. The van der Waals surface area contributed by atoms with Crippen LogP contribution in [0.3, 0.4) is 0 Å². The molecule has 0 saturated heterocycles. The third kappa shape index (κ3) is 5.82. The maximum atomic E-state index is 11.4. The minimum atomic E-state index is -1.91. The van der Waals surface area contributed by atoms with Gasteiger partial charge in [0.05, 0.1) is 0 Å². The van der Waals surface area contributed by atoms with Gasteiger partial charge in [-0.2, -0.15) is 0 Å². The van der Waals surface area contributed by atoms with Gasteiger partial charge in [-0.05, 0) is 32.0 Å². The topological polar surface area (TPSA) is 35.5 Å². The summed E-state index contributed by atoms with van der Waals surface area (Å²) in [5.41, 5.74) is 0.409. The van der Waals surface area contributed by atoms with Crippen molar-refractivity contribution >= 4 is 14.5 Å². The summed E-state index contributed by atoms with van der Waals surface area (Å²) in [5.74, 6) is 0. The first-order chi connectivity index (χ1) is 6.79. The largest absolute Gasteiger partial charge is 0.494 e. The molecular weight excluding hydrogens is 208 g/mol. The molecule has 0 aliphatic heterocycles. The van der Waals surface area contributed by atoms with Crippen molar-refractivity contribution in [1.29, 1.82) is 0 Å². The molecule has 0 rings (SSSR count). The quantitative estimate of drug-likeness (QED) is 0.532. The molecule has 0 aliphatic carbocycles. The van der Waals surface area contributed by atoms with E-state index in [1.807, 2.05) is 20.0 Å². The molecule has 0 fully saturated rings. The van der Waals surface area contributed by atoms with E-state index in [9.17, 15) is 4.79 Å². The Morgan fingerprint density at radius 1 is 1.27 bits per heavy atom. The number of hydrogen-bond donors (Lipinski definition) is 0. The normalized spacial score (nSPS) is 13.8. The lowest BCUT2D eigenvalue weighted by Crippen LogP contribution is -2.37. The van der Waals surface area contributed by atoms with Gasteiger partial charge in [-0.3, -0.25) is 0 Å². The summed E-state index contributed by atoms with van der Waals surface area (Å²) in [7, 11) is -1.91. The van der Waals surface area contributed by atoms with Crippen molar-refractivity contribution in [2.24, 2.45) is 0 Å². The van der Waals surface area contributed by atoms with Gasteiger partial charge in [0, 0.05) is 0 Å². The second kappa shape index (κ2) is 6.15. The Morgan fingerprint density at radius 3 is 2.20 bits per heavy atom. The molecule has 0 spiro atoms. The van der Waals surface area contributed by atoms with Crippen LogP contribution in [0.4, 0.5) is 4.79 Å². The first kappa shape index (κ1) is 14.5. The predicted molar refractivity (Wildman–Crippen MR) is 64.5 cm³/mol. The van der Waals surface area contributed by atoms with E-state index in [0.29, 0.717) is 5.54 Å². The highest BCUT2D eigenvalue weighted by Gasteiger charge is 2.32. The van der Waals surface area contributed by atoms with Gasteiger partial charge in [-0.1, -0.05) is 27.2 Å². The standard InChI is InChI=1S/C11H24O3Si/c1-7-8-10(4)13-11(12)14-15(5,6)9(2)3/h9-10H,7-8H2,1-6H3. The smallest absolute Gasteiger partial charge is 0.489 e. The molecule has 4 heteroatoms. The summed E-state index contributed by atoms with van der Waals surface area (Å²) in [6.07, 6.45) is 1.36. The molecule has 1 unspecified atom stereocenters. The maximum Gasteiger partial charge on any atom is 0.494 e. The van der Waals surface area contributed by atoms with Gasteiger partial charge in [0.1, 0.15) is 6.10 Å². The van der Waals surface area contributed by atoms with E-state index in [1.165, 1.54) is 0 Å². The number of rotatable bonds is 5. The third-order valence-electron chi connectivity index (χ3n) is 2.73. The van der Waals surface area contributed by atoms with E-state index < -0.39 is 14.5 Å². The van der Waals surface area contributed by atoms with Crippen molar-refractivity contribution in [2.45, 2.75) is 65.3 Å². The van der Waals surface area contributed by atoms with Crippen molar-refractivity contribution in [3.05, 3.63) is 0 Å². The lowest BCUT2D eigenvalue weighted by molar-refractivity contribution is 0.0594. The first-order valence-electron chi connectivity index (χ1n) is 5.69. The van der Waals surface area contributed by atoms with Gasteiger partial charge in [0.2, 0.25) is 0 Å². The molecule has 0 amide bonds. The van der Waals surface area contributed by atoms with Gasteiger partial charge < -0.3 is 9.16 Å². The van der Waals surface area contributed by atoms with Crippen molar-refractivity contribution in [2.75, 3.05) is 0 Å². The van der Waals surface area contributed by atoms with E-state index >= 15 is 0 Å². The first-order valence-corrected chi connectivity index (χ1v) is 8.67. The summed E-state index contributed by atoms with van der Waals surface area (Å²) in [5, 5.41) is 0. The molecule has 1 atom stereocenters. The Balaban J connectivity index is 4.03. The lowest BCUT2D eigenvalue weighted by Gasteiger charge is -2.26. The SMILES string of the molecule is CCCC(C)OC(=O)O[Si](C)(C)C(C)C. The third-order valence-corrected chi connectivity index (χ3v) is 6.20.